The van der Waals surface area contributed by atoms with Gasteiger partial charge < -0.3 is 9.84 Å². The van der Waals surface area contributed by atoms with Gasteiger partial charge in [0.1, 0.15) is 11.5 Å². The van der Waals surface area contributed by atoms with Crippen molar-refractivity contribution >= 4 is 16.7 Å². The Morgan fingerprint density at radius 2 is 1.96 bits per heavy atom. The second-order valence-electron chi connectivity index (χ2n) is 6.03. The molecule has 3 aromatic rings. The van der Waals surface area contributed by atoms with Gasteiger partial charge in [0.2, 0.25) is 0 Å². The molecule has 1 unspecified atom stereocenters. The number of ether oxygens (including phenoxy) is 1. The molecule has 114 valence electrons. The van der Waals surface area contributed by atoms with Gasteiger partial charge in [0.05, 0.1) is 6.42 Å². The van der Waals surface area contributed by atoms with Crippen LogP contribution >= 0.6 is 0 Å². The molecule has 0 amide bonds. The number of benzene rings is 3. The van der Waals surface area contributed by atoms with Crippen molar-refractivity contribution in [2.24, 2.45) is 0 Å². The van der Waals surface area contributed by atoms with Crippen LogP contribution in [0, 0.1) is 6.92 Å². The molecule has 0 radical (unpaired) electrons. The molecule has 3 heteroatoms. The van der Waals surface area contributed by atoms with Crippen molar-refractivity contribution in [1.82, 2.24) is 0 Å². The third kappa shape index (κ3) is 2.34. The number of aryl methyl sites for hydroxylation is 1. The number of hydrogen-bond acceptors (Lipinski definition) is 3. The number of esters is 1. The maximum Gasteiger partial charge on any atom is 0.312 e. The Morgan fingerprint density at radius 1 is 1.09 bits per heavy atom. The Bertz CT molecular complexity index is 927. The zero-order valence-electron chi connectivity index (χ0n) is 12.7. The summed E-state index contributed by atoms with van der Waals surface area (Å²) in [6.45, 7) is 2.06. The van der Waals surface area contributed by atoms with Gasteiger partial charge in [0, 0.05) is 11.5 Å². The third-order valence-corrected chi connectivity index (χ3v) is 4.39. The van der Waals surface area contributed by atoms with Crippen molar-refractivity contribution in [3.05, 3.63) is 71.3 Å². The number of phenolic OH excluding ortho intramolecular Hbond substituents is 1. The fraction of sp³-hybridized carbons (Fsp3) is 0.150. The van der Waals surface area contributed by atoms with Gasteiger partial charge in [-0.25, -0.2) is 0 Å². The molecule has 0 aliphatic carbocycles. The van der Waals surface area contributed by atoms with Crippen LogP contribution in [0.2, 0.25) is 0 Å². The number of carbonyl (C=O) groups excluding carboxylic acids is 1. The fourth-order valence-electron chi connectivity index (χ4n) is 3.36. The quantitative estimate of drug-likeness (QED) is 0.539. The predicted octanol–water partition coefficient (Wildman–Crippen LogP) is 4.29. The highest BCUT2D eigenvalue weighted by Crippen LogP contribution is 2.43. The van der Waals surface area contributed by atoms with E-state index in [0.717, 1.165) is 21.9 Å². The van der Waals surface area contributed by atoms with Crippen LogP contribution in [-0.2, 0) is 4.79 Å². The topological polar surface area (TPSA) is 46.5 Å². The maximum atomic E-state index is 12.0. The first kappa shape index (κ1) is 13.8. The largest absolute Gasteiger partial charge is 0.508 e. The smallest absolute Gasteiger partial charge is 0.312 e. The summed E-state index contributed by atoms with van der Waals surface area (Å²) in [7, 11) is 0. The summed E-state index contributed by atoms with van der Waals surface area (Å²) in [5.41, 5.74) is 3.14. The third-order valence-electron chi connectivity index (χ3n) is 4.39. The van der Waals surface area contributed by atoms with E-state index in [2.05, 4.69) is 25.1 Å². The minimum absolute atomic E-state index is 0.107. The predicted molar refractivity (Wildman–Crippen MR) is 88.9 cm³/mol. The summed E-state index contributed by atoms with van der Waals surface area (Å²) in [6, 6.07) is 17.2. The second-order valence-corrected chi connectivity index (χ2v) is 6.03. The van der Waals surface area contributed by atoms with E-state index in [0.29, 0.717) is 5.75 Å². The molecule has 1 heterocycles. The first-order valence-electron chi connectivity index (χ1n) is 7.65. The summed E-state index contributed by atoms with van der Waals surface area (Å²) in [6.07, 6.45) is 0.281. The summed E-state index contributed by atoms with van der Waals surface area (Å²) in [5.74, 6) is 0.479. The Labute approximate surface area is 134 Å². The van der Waals surface area contributed by atoms with E-state index < -0.39 is 0 Å². The Morgan fingerprint density at radius 3 is 2.78 bits per heavy atom. The molecule has 1 atom stereocenters. The van der Waals surface area contributed by atoms with Crippen LogP contribution in [-0.4, -0.2) is 11.1 Å². The number of rotatable bonds is 1. The van der Waals surface area contributed by atoms with E-state index in [-0.39, 0.29) is 24.1 Å². The zero-order valence-corrected chi connectivity index (χ0v) is 12.7. The van der Waals surface area contributed by atoms with Gasteiger partial charge in [-0.1, -0.05) is 42.0 Å². The van der Waals surface area contributed by atoms with Crippen molar-refractivity contribution in [2.45, 2.75) is 19.3 Å². The van der Waals surface area contributed by atoms with Gasteiger partial charge >= 0.3 is 5.97 Å². The van der Waals surface area contributed by atoms with Gasteiger partial charge in [0.15, 0.2) is 0 Å². The molecule has 0 saturated carbocycles. The van der Waals surface area contributed by atoms with Crippen LogP contribution in [0.25, 0.3) is 10.8 Å². The van der Waals surface area contributed by atoms with Crippen molar-refractivity contribution in [3.63, 3.8) is 0 Å². The average Bonchev–Trinajstić information content (AvgIpc) is 2.53. The zero-order chi connectivity index (χ0) is 16.0. The van der Waals surface area contributed by atoms with E-state index in [1.54, 1.807) is 18.2 Å². The Balaban J connectivity index is 1.99. The Kier molecular flexibility index (Phi) is 3.08. The van der Waals surface area contributed by atoms with Gasteiger partial charge in [0.25, 0.3) is 0 Å². The van der Waals surface area contributed by atoms with E-state index in [4.69, 9.17) is 4.74 Å². The standard InChI is InChI=1S/C20H16O3/c1-12-5-7-16-14(9-12)6-8-18-20(16)17(11-19(22)23-18)13-3-2-4-15(21)10-13/h2-10,17,21H,11H2,1H3. The molecule has 0 bridgehead atoms. The molecule has 3 nitrogen and oxygen atoms in total. The van der Waals surface area contributed by atoms with Crippen LogP contribution in [0.1, 0.15) is 29.0 Å². The molecule has 0 saturated heterocycles. The highest BCUT2D eigenvalue weighted by molar-refractivity contribution is 5.92. The molecule has 1 N–H and O–H groups in total. The van der Waals surface area contributed by atoms with E-state index in [9.17, 15) is 9.90 Å². The maximum absolute atomic E-state index is 12.0. The Hall–Kier alpha value is -2.81. The molecule has 23 heavy (non-hydrogen) atoms. The molecule has 4 rings (SSSR count). The minimum Gasteiger partial charge on any atom is -0.508 e. The SMILES string of the molecule is Cc1ccc2c3c(ccc2c1)OC(=O)CC3c1cccc(O)c1. The molecule has 1 aliphatic rings. The number of carbonyl (C=O) groups is 1. The lowest BCUT2D eigenvalue weighted by Crippen LogP contribution is -2.21. The lowest BCUT2D eigenvalue weighted by atomic mass is 9.83. The van der Waals surface area contributed by atoms with Crippen LogP contribution in [0.3, 0.4) is 0 Å². The molecule has 0 aromatic heterocycles. The number of phenols is 1. The van der Waals surface area contributed by atoms with Crippen LogP contribution in [0.4, 0.5) is 0 Å². The van der Waals surface area contributed by atoms with Gasteiger partial charge in [-0.15, -0.1) is 0 Å². The second kappa shape index (κ2) is 5.13. The van der Waals surface area contributed by atoms with Crippen LogP contribution in [0.5, 0.6) is 11.5 Å². The van der Waals surface area contributed by atoms with E-state index >= 15 is 0 Å². The number of fused-ring (bicyclic) bond motifs is 3. The molecule has 1 aliphatic heterocycles. The monoisotopic (exact) mass is 304 g/mol. The lowest BCUT2D eigenvalue weighted by molar-refractivity contribution is -0.135. The number of aromatic hydroxyl groups is 1. The summed E-state index contributed by atoms with van der Waals surface area (Å²) < 4.78 is 5.45. The summed E-state index contributed by atoms with van der Waals surface area (Å²) in [4.78, 5) is 12.0. The normalized spacial score (nSPS) is 16.9. The number of hydrogen-bond donors (Lipinski definition) is 1. The van der Waals surface area contributed by atoms with Crippen molar-refractivity contribution in [1.29, 1.82) is 0 Å². The lowest BCUT2D eigenvalue weighted by Gasteiger charge is -2.26. The van der Waals surface area contributed by atoms with Gasteiger partial charge in [-0.3, -0.25) is 4.79 Å². The average molecular weight is 304 g/mol. The fourth-order valence-corrected chi connectivity index (χ4v) is 3.36. The van der Waals surface area contributed by atoms with Crippen LogP contribution in [0.15, 0.2) is 54.6 Å². The van der Waals surface area contributed by atoms with Gasteiger partial charge in [-0.05, 0) is 41.5 Å². The molecular formula is C20H16O3. The minimum atomic E-state index is -0.239. The molecular weight excluding hydrogens is 288 g/mol. The first-order chi connectivity index (χ1) is 11.1. The highest BCUT2D eigenvalue weighted by atomic mass is 16.5. The van der Waals surface area contributed by atoms with Crippen molar-refractivity contribution in [3.8, 4) is 11.5 Å². The van der Waals surface area contributed by atoms with Crippen LogP contribution < -0.4 is 4.74 Å². The summed E-state index contributed by atoms with van der Waals surface area (Å²) >= 11 is 0. The van der Waals surface area contributed by atoms with E-state index in [1.807, 2.05) is 18.2 Å². The molecule has 0 spiro atoms. The van der Waals surface area contributed by atoms with Crippen molar-refractivity contribution < 1.29 is 14.6 Å². The first-order valence-corrected chi connectivity index (χ1v) is 7.65. The highest BCUT2D eigenvalue weighted by Gasteiger charge is 2.30. The van der Waals surface area contributed by atoms with Gasteiger partial charge in [-0.2, -0.15) is 0 Å². The summed E-state index contributed by atoms with van der Waals surface area (Å²) in [5, 5.41) is 12.0. The van der Waals surface area contributed by atoms with Crippen molar-refractivity contribution in [2.75, 3.05) is 0 Å². The molecule has 0 fully saturated rings. The van der Waals surface area contributed by atoms with E-state index in [1.165, 1.54) is 5.56 Å². The molecule has 3 aromatic carbocycles.